The van der Waals surface area contributed by atoms with Crippen molar-refractivity contribution in [2.24, 2.45) is 0 Å². The van der Waals surface area contributed by atoms with Crippen LogP contribution < -0.4 is 5.73 Å². The molecule has 2 rings (SSSR count). The monoisotopic (exact) mass is 209 g/mol. The molecule has 0 bridgehead atoms. The maximum absolute atomic E-state index is 5.67. The average molecular weight is 210 g/mol. The third-order valence-electron chi connectivity index (χ3n) is 1.80. The molecule has 0 unspecified atom stereocenters. The number of nitrogens with zero attached hydrogens (tertiary/aromatic N) is 2. The van der Waals surface area contributed by atoms with Crippen LogP contribution in [0, 0.1) is 0 Å². The smallest absolute Gasteiger partial charge is 0.170 e. The van der Waals surface area contributed by atoms with Gasteiger partial charge in [-0.1, -0.05) is 5.16 Å². The van der Waals surface area contributed by atoms with Gasteiger partial charge in [0.05, 0.1) is 17.1 Å². The molecule has 0 fully saturated rings. The maximum atomic E-state index is 5.67. The molecule has 0 aromatic carbocycles. The van der Waals surface area contributed by atoms with E-state index >= 15 is 0 Å². The molecule has 2 aromatic rings. The van der Waals surface area contributed by atoms with Crippen molar-refractivity contribution in [1.82, 2.24) is 10.1 Å². The van der Waals surface area contributed by atoms with E-state index in [0.717, 1.165) is 5.56 Å². The van der Waals surface area contributed by atoms with Crippen LogP contribution in [0.2, 0.25) is 0 Å². The first-order valence-corrected chi connectivity index (χ1v) is 4.57. The summed E-state index contributed by atoms with van der Waals surface area (Å²) in [5.41, 5.74) is 7.09. The Hall–Kier alpha value is -1.55. The largest absolute Gasteiger partial charge is 0.383 e. The van der Waals surface area contributed by atoms with Crippen molar-refractivity contribution < 1.29 is 4.52 Å². The van der Waals surface area contributed by atoms with Crippen LogP contribution in [0.3, 0.4) is 0 Å². The van der Waals surface area contributed by atoms with E-state index in [4.69, 9.17) is 21.9 Å². The van der Waals surface area contributed by atoms with E-state index in [-0.39, 0.29) is 0 Å². The average Bonchev–Trinajstić information content (AvgIpc) is 2.67. The molecule has 0 amide bonds. The van der Waals surface area contributed by atoms with Crippen molar-refractivity contribution in [1.29, 1.82) is 0 Å². The Morgan fingerprint density at radius 1 is 1.50 bits per heavy atom. The molecule has 2 aromatic heterocycles. The Bertz CT molecular complexity index is 441. The first-order valence-electron chi connectivity index (χ1n) is 4.03. The predicted octanol–water partition coefficient (Wildman–Crippen LogP) is 2.06. The molecule has 72 valence electrons. The summed E-state index contributed by atoms with van der Waals surface area (Å²) in [7, 11) is 0. The lowest BCUT2D eigenvalue weighted by atomic mass is 10.2. The Balaban J connectivity index is 2.44. The number of pyridine rings is 1. The first-order chi connectivity index (χ1) is 6.81. The van der Waals surface area contributed by atoms with Gasteiger partial charge in [-0.05, 0) is 12.1 Å². The number of hydrogen-bond donors (Lipinski definition) is 1. The summed E-state index contributed by atoms with van der Waals surface area (Å²) < 4.78 is 5.07. The van der Waals surface area contributed by atoms with E-state index in [1.165, 1.54) is 0 Å². The third kappa shape index (κ3) is 1.56. The predicted molar refractivity (Wildman–Crippen MR) is 53.7 cm³/mol. The fourth-order valence-electron chi connectivity index (χ4n) is 1.13. The molecule has 0 atom stereocenters. The van der Waals surface area contributed by atoms with Gasteiger partial charge in [0, 0.05) is 12.3 Å². The lowest BCUT2D eigenvalue weighted by Crippen LogP contribution is -1.91. The summed E-state index contributed by atoms with van der Waals surface area (Å²) >= 11 is 5.60. The third-order valence-corrected chi connectivity index (χ3v) is 2.07. The van der Waals surface area contributed by atoms with E-state index < -0.39 is 0 Å². The Labute approximate surface area is 85.7 Å². The second-order valence-electron chi connectivity index (χ2n) is 2.75. The van der Waals surface area contributed by atoms with Gasteiger partial charge >= 0.3 is 0 Å². The quantitative estimate of drug-likeness (QED) is 0.769. The van der Waals surface area contributed by atoms with Crippen molar-refractivity contribution in [3.05, 3.63) is 30.1 Å². The zero-order valence-corrected chi connectivity index (χ0v) is 8.03. The summed E-state index contributed by atoms with van der Waals surface area (Å²) in [4.78, 5) is 3.95. The van der Waals surface area contributed by atoms with Gasteiger partial charge in [0.25, 0.3) is 0 Å². The van der Waals surface area contributed by atoms with E-state index in [2.05, 4.69) is 10.1 Å². The van der Waals surface area contributed by atoms with Gasteiger partial charge in [-0.15, -0.1) is 11.6 Å². The molecule has 14 heavy (non-hydrogen) atoms. The lowest BCUT2D eigenvalue weighted by molar-refractivity contribution is 0.426. The molecule has 0 saturated heterocycles. The van der Waals surface area contributed by atoms with Crippen molar-refractivity contribution in [2.75, 3.05) is 5.73 Å². The highest BCUT2D eigenvalue weighted by Crippen LogP contribution is 2.24. The Morgan fingerprint density at radius 3 is 3.00 bits per heavy atom. The normalized spacial score (nSPS) is 10.4. The van der Waals surface area contributed by atoms with Crippen LogP contribution in [0.25, 0.3) is 11.3 Å². The second-order valence-corrected chi connectivity index (χ2v) is 3.02. The standard InChI is InChI=1S/C9H8ClN3O/c10-5-6-4-8(14-13-6)7-2-1-3-12-9(7)11/h1-4H,5H2,(H2,11,12). The van der Waals surface area contributed by atoms with Crippen molar-refractivity contribution in [3.8, 4) is 11.3 Å². The van der Waals surface area contributed by atoms with Crippen molar-refractivity contribution in [3.63, 3.8) is 0 Å². The SMILES string of the molecule is Nc1ncccc1-c1cc(CCl)no1. The summed E-state index contributed by atoms with van der Waals surface area (Å²) in [5.74, 6) is 1.33. The van der Waals surface area contributed by atoms with Gasteiger partial charge in [-0.2, -0.15) is 0 Å². The van der Waals surface area contributed by atoms with Gasteiger partial charge in [-0.25, -0.2) is 4.98 Å². The Kier molecular flexibility index (Phi) is 2.37. The second kappa shape index (κ2) is 3.67. The topological polar surface area (TPSA) is 64.9 Å². The molecule has 0 aliphatic heterocycles. The molecule has 5 heteroatoms. The number of aromatic nitrogens is 2. The number of hydrogen-bond acceptors (Lipinski definition) is 4. The fraction of sp³-hybridized carbons (Fsp3) is 0.111. The molecule has 0 aliphatic carbocycles. The van der Waals surface area contributed by atoms with E-state index in [9.17, 15) is 0 Å². The van der Waals surface area contributed by atoms with Gasteiger partial charge in [-0.3, -0.25) is 0 Å². The highest BCUT2D eigenvalue weighted by Gasteiger charge is 2.08. The molecule has 0 spiro atoms. The highest BCUT2D eigenvalue weighted by atomic mass is 35.5. The molecule has 0 radical (unpaired) electrons. The van der Waals surface area contributed by atoms with Gasteiger partial charge < -0.3 is 10.3 Å². The van der Waals surface area contributed by atoms with Crippen molar-refractivity contribution >= 4 is 17.4 Å². The van der Waals surface area contributed by atoms with E-state index in [0.29, 0.717) is 23.2 Å². The van der Waals surface area contributed by atoms with Gasteiger partial charge in [0.2, 0.25) is 0 Å². The molecular formula is C9H8ClN3O. The molecular weight excluding hydrogens is 202 g/mol. The number of alkyl halides is 1. The Morgan fingerprint density at radius 2 is 2.36 bits per heavy atom. The molecule has 0 saturated carbocycles. The molecule has 2 N–H and O–H groups in total. The van der Waals surface area contributed by atoms with Crippen LogP contribution in [-0.2, 0) is 5.88 Å². The zero-order chi connectivity index (χ0) is 9.97. The number of rotatable bonds is 2. The van der Waals surface area contributed by atoms with Crippen molar-refractivity contribution in [2.45, 2.75) is 5.88 Å². The molecule has 4 nitrogen and oxygen atoms in total. The van der Waals surface area contributed by atoms with Gasteiger partial charge in [0.1, 0.15) is 5.82 Å². The maximum Gasteiger partial charge on any atom is 0.170 e. The van der Waals surface area contributed by atoms with Gasteiger partial charge in [0.15, 0.2) is 5.76 Å². The number of nitrogen functional groups attached to an aromatic ring is 1. The lowest BCUT2D eigenvalue weighted by Gasteiger charge is -1.97. The number of anilines is 1. The van der Waals surface area contributed by atoms with E-state index in [1.807, 2.05) is 6.07 Å². The highest BCUT2D eigenvalue weighted by molar-refractivity contribution is 6.16. The van der Waals surface area contributed by atoms with Crippen LogP contribution in [0.15, 0.2) is 28.9 Å². The van der Waals surface area contributed by atoms with Crippen LogP contribution in [-0.4, -0.2) is 10.1 Å². The summed E-state index contributed by atoms with van der Waals surface area (Å²) in [6.45, 7) is 0. The molecule has 0 aliphatic rings. The fourth-order valence-corrected chi connectivity index (χ4v) is 1.25. The van der Waals surface area contributed by atoms with Crippen LogP contribution in [0.1, 0.15) is 5.69 Å². The van der Waals surface area contributed by atoms with Crippen LogP contribution >= 0.6 is 11.6 Å². The number of halogens is 1. The van der Waals surface area contributed by atoms with Crippen LogP contribution in [0.5, 0.6) is 0 Å². The zero-order valence-electron chi connectivity index (χ0n) is 7.27. The summed E-state index contributed by atoms with van der Waals surface area (Å²) in [5, 5.41) is 3.76. The van der Waals surface area contributed by atoms with E-state index in [1.54, 1.807) is 18.3 Å². The first kappa shape index (κ1) is 9.02. The minimum absolute atomic E-state index is 0.323. The molecule has 2 heterocycles. The minimum atomic E-state index is 0.323. The number of nitrogens with two attached hydrogens (primary N) is 1. The minimum Gasteiger partial charge on any atom is -0.383 e. The summed E-state index contributed by atoms with van der Waals surface area (Å²) in [6.07, 6.45) is 1.62. The van der Waals surface area contributed by atoms with Crippen LogP contribution in [0.4, 0.5) is 5.82 Å². The summed E-state index contributed by atoms with van der Waals surface area (Å²) in [6, 6.07) is 5.36.